The van der Waals surface area contributed by atoms with E-state index in [1.807, 2.05) is 0 Å². The molecule has 9 rings (SSSR count). The van der Waals surface area contributed by atoms with Crippen molar-refractivity contribution >= 4 is 127 Å². The maximum absolute atomic E-state index is 13.7. The van der Waals surface area contributed by atoms with E-state index in [-0.39, 0.29) is 58.6 Å². The molecule has 3 aromatic carbocycles. The van der Waals surface area contributed by atoms with Crippen molar-refractivity contribution < 1.29 is 79.2 Å². The quantitative estimate of drug-likeness (QED) is 0.0499. The lowest BCUT2D eigenvalue weighted by atomic mass is 10.3. The molecule has 84 heavy (non-hydrogen) atoms. The average Bonchev–Trinajstić information content (AvgIpc) is 3.42. The third-order valence-corrected chi connectivity index (χ3v) is 14.4. The third kappa shape index (κ3) is 15.8. The Morgan fingerprint density at radius 1 is 0.548 bits per heavy atom. The highest BCUT2D eigenvalue weighted by Gasteiger charge is 2.22. The second-order valence-corrected chi connectivity index (χ2v) is 19.8. The van der Waals surface area contributed by atoms with Gasteiger partial charge in [-0.1, -0.05) is 0 Å². The van der Waals surface area contributed by atoms with Crippen LogP contribution in [0.25, 0.3) is 30.8 Å². The van der Waals surface area contributed by atoms with Gasteiger partial charge in [0.05, 0.1) is 53.1 Å². The molecule has 0 saturated carbocycles. The first-order valence-electron chi connectivity index (χ1n) is 24.5. The highest BCUT2D eigenvalue weighted by Crippen LogP contribution is 2.35. The molecule has 0 aliphatic heterocycles. The molecular formula is C55H51F3N6O17S3. The number of benzene rings is 3. The molecule has 6 heterocycles. The minimum Gasteiger partial charge on any atom is -0.491 e. The number of carbonyl (C=O) groups excluding carboxylic acids is 4. The van der Waals surface area contributed by atoms with Crippen molar-refractivity contribution in [2.45, 2.75) is 20.8 Å². The summed E-state index contributed by atoms with van der Waals surface area (Å²) in [5.74, 6) is -4.05. The zero-order chi connectivity index (χ0) is 61.5. The number of aromatic carboxylic acids is 1. The number of esters is 2. The van der Waals surface area contributed by atoms with Gasteiger partial charge in [0.25, 0.3) is 0 Å². The summed E-state index contributed by atoms with van der Waals surface area (Å²) in [7, 11) is 7.16. The Kier molecular flexibility index (Phi) is 21.6. The highest BCUT2D eigenvalue weighted by molar-refractivity contribution is 7.23. The van der Waals surface area contributed by atoms with Gasteiger partial charge < -0.3 is 63.7 Å². The van der Waals surface area contributed by atoms with Gasteiger partial charge in [-0.2, -0.15) is 0 Å². The molecule has 0 spiro atoms. The summed E-state index contributed by atoms with van der Waals surface area (Å²) in [6, 6.07) is 19.9. The number of carbonyl (C=O) groups is 5. The monoisotopic (exact) mass is 1220 g/mol. The molecule has 23 nitrogen and oxygen atoms in total. The number of amides is 4. The number of methoxy groups -OCH3 is 2. The lowest BCUT2D eigenvalue weighted by molar-refractivity contribution is 0.0587. The maximum Gasteiger partial charge on any atom is 0.351 e. The number of nitrogens with one attached hydrogen (secondary N) is 3. The van der Waals surface area contributed by atoms with E-state index in [0.717, 1.165) is 39.5 Å². The zero-order valence-corrected chi connectivity index (χ0v) is 48.0. The number of carboxylic acids is 1. The normalized spacial score (nSPS) is 10.5. The fourth-order valence-electron chi connectivity index (χ4n) is 6.92. The predicted molar refractivity (Wildman–Crippen MR) is 312 cm³/mol. The fraction of sp³-hybridized carbons (Fsp3) is 0.200. The number of hydrogen-bond donors (Lipinski definition) is 5. The van der Waals surface area contributed by atoms with Crippen molar-refractivity contribution in [3.63, 3.8) is 0 Å². The van der Waals surface area contributed by atoms with E-state index < -0.39 is 64.0 Å². The number of fused-ring (bicyclic) bond motifs is 3. The van der Waals surface area contributed by atoms with Crippen LogP contribution in [0, 0.1) is 17.5 Å². The highest BCUT2D eigenvalue weighted by atomic mass is 32.1. The van der Waals surface area contributed by atoms with Gasteiger partial charge in [0.2, 0.25) is 0 Å². The van der Waals surface area contributed by atoms with Gasteiger partial charge in [0, 0.05) is 74.6 Å². The second-order valence-electron chi connectivity index (χ2n) is 16.6. The number of carboxylic acid groups (broad SMARTS) is 1. The van der Waals surface area contributed by atoms with Gasteiger partial charge in [-0.05, 0) is 75.4 Å². The van der Waals surface area contributed by atoms with E-state index in [9.17, 15) is 51.5 Å². The summed E-state index contributed by atoms with van der Waals surface area (Å²) in [6.07, 6.45) is 0. The lowest BCUT2D eigenvalue weighted by Gasteiger charge is -2.16. The molecule has 0 atom stereocenters. The van der Waals surface area contributed by atoms with Crippen LogP contribution in [0.2, 0.25) is 0 Å². The number of nitrogens with two attached hydrogens (primary N) is 1. The number of hydrogen-bond acceptors (Lipinski definition) is 21. The molecule has 0 aliphatic carbocycles. The van der Waals surface area contributed by atoms with Crippen LogP contribution in [-0.4, -0.2) is 90.3 Å². The van der Waals surface area contributed by atoms with E-state index in [2.05, 4.69) is 25.4 Å². The molecule has 0 saturated heterocycles. The summed E-state index contributed by atoms with van der Waals surface area (Å²) < 4.78 is 81.2. The summed E-state index contributed by atoms with van der Waals surface area (Å²) in [5.41, 5.74) is 4.22. The summed E-state index contributed by atoms with van der Waals surface area (Å²) >= 11 is 3.63. The fourth-order valence-corrected chi connectivity index (χ4v) is 9.78. The Hall–Kier alpha value is -9.87. The van der Waals surface area contributed by atoms with Gasteiger partial charge in [0.15, 0.2) is 51.4 Å². The first-order valence-corrected chi connectivity index (χ1v) is 26.9. The molecule has 0 aliphatic rings. The van der Waals surface area contributed by atoms with Crippen LogP contribution in [0.15, 0.2) is 119 Å². The third-order valence-electron chi connectivity index (χ3n) is 11.0. The summed E-state index contributed by atoms with van der Waals surface area (Å²) in [6.45, 7) is 6.25. The number of thiophene rings is 3. The lowest BCUT2D eigenvalue weighted by Crippen LogP contribution is -2.30. The van der Waals surface area contributed by atoms with Gasteiger partial charge in [-0.25, -0.2) is 51.5 Å². The topological polar surface area (TPSA) is 311 Å². The summed E-state index contributed by atoms with van der Waals surface area (Å²) in [5, 5.41) is 18.9. The number of nitrogen functional groups attached to an aromatic ring is 1. The van der Waals surface area contributed by atoms with E-state index in [0.29, 0.717) is 48.7 Å². The average molecular weight is 1220 g/mol. The molecule has 442 valence electrons. The largest absolute Gasteiger partial charge is 0.491 e. The second kappa shape index (κ2) is 28.7. The molecule has 0 unspecified atom stereocenters. The van der Waals surface area contributed by atoms with Crippen LogP contribution in [0.3, 0.4) is 0 Å². The Labute approximate surface area is 485 Å². The number of rotatable bonds is 14. The minimum absolute atomic E-state index is 0.0211. The van der Waals surface area contributed by atoms with Gasteiger partial charge >= 0.3 is 46.8 Å². The van der Waals surface area contributed by atoms with Crippen LogP contribution in [0.4, 0.5) is 54.8 Å². The number of urea groups is 2. The molecule has 4 amide bonds. The Morgan fingerprint density at radius 3 is 1.31 bits per heavy atom. The first-order chi connectivity index (χ1) is 40.0. The predicted octanol–water partition coefficient (Wildman–Crippen LogP) is 11.1. The Balaban J connectivity index is 0.000000191. The van der Waals surface area contributed by atoms with Crippen LogP contribution in [-0.2, 0) is 9.47 Å². The molecule has 9 aromatic rings. The minimum atomic E-state index is -1.39. The molecular weight excluding hydrogens is 1170 g/mol. The van der Waals surface area contributed by atoms with Crippen molar-refractivity contribution in [3.8, 4) is 17.2 Å². The summed E-state index contributed by atoms with van der Waals surface area (Å²) in [4.78, 5) is 96.6. The van der Waals surface area contributed by atoms with Crippen LogP contribution >= 0.6 is 34.0 Å². The molecule has 0 bridgehead atoms. The van der Waals surface area contributed by atoms with E-state index in [4.69, 9.17) is 38.3 Å². The molecule has 0 fully saturated rings. The van der Waals surface area contributed by atoms with Gasteiger partial charge in [-0.15, -0.1) is 34.0 Å². The molecule has 6 N–H and O–H groups in total. The van der Waals surface area contributed by atoms with E-state index in [1.165, 1.54) is 127 Å². The smallest absolute Gasteiger partial charge is 0.351 e. The van der Waals surface area contributed by atoms with Crippen LogP contribution < -0.4 is 62.6 Å². The number of anilines is 6. The zero-order valence-electron chi connectivity index (χ0n) is 45.6. The van der Waals surface area contributed by atoms with Crippen LogP contribution in [0.5, 0.6) is 17.2 Å². The standard InChI is InChI=1S/C19H17FN2O6S.C18H15FN2O6S.C10H9NO4S.C8H10FNO/c1-4-27-13-7-10(5-6-12(13)20)21-19(25)22(2)16-9-14-15(29-16)8-11(17(23)26-3)18(24)28-14;1-3-26-12-6-9(4-5-11(12)19)20-18(25)21(2)15-8-13-14(28-15)7-10(16(22)23)17(24)27-13;1-11-8-4-6-7(16-8)3-5(9(12)14-2)10(13)15-6;1-2-11-8-5-6(10)3-4-7(8)9/h5-9H,4H2,1-3H3,(H,21,25);4-8H,3H2,1-2H3,(H,20,25)(H,22,23);3-4,11H,1-2H3;3-5H,2,10H2,1H3. The van der Waals surface area contributed by atoms with Crippen molar-refractivity contribution in [1.82, 2.24) is 0 Å². The number of halogens is 3. The van der Waals surface area contributed by atoms with Crippen LogP contribution in [0.1, 0.15) is 51.8 Å². The molecule has 29 heteroatoms. The Bertz CT molecular complexity index is 4080. The van der Waals surface area contributed by atoms with Crippen molar-refractivity contribution in [2.24, 2.45) is 0 Å². The van der Waals surface area contributed by atoms with Crippen molar-refractivity contribution in [3.05, 3.63) is 156 Å². The van der Waals surface area contributed by atoms with Gasteiger partial charge in [-0.3, -0.25) is 9.80 Å². The number of nitrogens with zero attached hydrogens (tertiary/aromatic N) is 2. The molecule has 6 aromatic heterocycles. The van der Waals surface area contributed by atoms with Crippen molar-refractivity contribution in [1.29, 1.82) is 0 Å². The SMILES string of the molecule is CCOc1cc(N)ccc1F.CCOc1cc(NC(=O)N(C)c2cc3oc(=O)c(C(=O)O)cc3s2)ccc1F.CCOc1cc(NC(=O)N(C)c2cc3oc(=O)c(C(=O)OC)cc3s2)ccc1F.CNc1cc2oc(=O)c(C(=O)OC)cc2s1. The van der Waals surface area contributed by atoms with E-state index in [1.54, 1.807) is 33.9 Å². The maximum atomic E-state index is 13.7. The van der Waals surface area contributed by atoms with Crippen molar-refractivity contribution in [2.75, 3.05) is 86.7 Å². The molecule has 0 radical (unpaired) electrons. The number of ether oxygens (including phenoxy) is 5. The first kappa shape index (κ1) is 63.3. The van der Waals surface area contributed by atoms with E-state index >= 15 is 0 Å². The van der Waals surface area contributed by atoms with Gasteiger partial charge in [0.1, 0.15) is 26.7 Å². The Morgan fingerprint density at radius 2 is 0.917 bits per heavy atom.